The summed E-state index contributed by atoms with van der Waals surface area (Å²) in [4.78, 5) is 0. The zero-order valence-electron chi connectivity index (χ0n) is 16.1. The minimum atomic E-state index is -2.78. The van der Waals surface area contributed by atoms with E-state index in [2.05, 4.69) is 70.2 Å². The van der Waals surface area contributed by atoms with Gasteiger partial charge in [0, 0.05) is 25.4 Å². The number of fused-ring (bicyclic) bond motifs is 1. The Hall–Kier alpha value is -1.20. The second kappa shape index (κ2) is 10.1. The molecule has 0 heterocycles. The van der Waals surface area contributed by atoms with Crippen LogP contribution < -0.4 is 0 Å². The average Bonchev–Trinajstić information content (AvgIpc) is 2.65. The van der Waals surface area contributed by atoms with Crippen molar-refractivity contribution in [3.63, 3.8) is 0 Å². The molecule has 3 nitrogen and oxygen atoms in total. The topological polar surface area (TPSA) is 27.7 Å². The third kappa shape index (κ3) is 5.64. The van der Waals surface area contributed by atoms with Crippen LogP contribution in [0.15, 0.2) is 42.5 Å². The molecule has 25 heavy (non-hydrogen) atoms. The summed E-state index contributed by atoms with van der Waals surface area (Å²) in [7, 11) is -2.78. The maximum absolute atomic E-state index is 6.44. The summed E-state index contributed by atoms with van der Waals surface area (Å²) in [5.74, 6) is 0. The molecule has 0 aliphatic carbocycles. The van der Waals surface area contributed by atoms with Crippen LogP contribution in [0.5, 0.6) is 0 Å². The lowest BCUT2D eigenvalue weighted by Gasteiger charge is -2.32. The highest BCUT2D eigenvalue weighted by Crippen LogP contribution is 2.26. The van der Waals surface area contributed by atoms with Gasteiger partial charge in [-0.2, -0.15) is 0 Å². The highest BCUT2D eigenvalue weighted by molar-refractivity contribution is 6.60. The average molecular weight is 361 g/mol. The van der Waals surface area contributed by atoms with Gasteiger partial charge in [-0.05, 0) is 42.5 Å². The van der Waals surface area contributed by atoms with Gasteiger partial charge in [0.2, 0.25) is 0 Å². The minimum Gasteiger partial charge on any atom is -0.373 e. The van der Waals surface area contributed by atoms with Crippen molar-refractivity contribution in [3.8, 4) is 0 Å². The van der Waals surface area contributed by atoms with E-state index in [-0.39, 0.29) is 6.10 Å². The third-order valence-corrected chi connectivity index (χ3v) is 7.16. The number of rotatable bonds is 11. The smallest absolute Gasteiger partial charge is 0.373 e. The van der Waals surface area contributed by atoms with Crippen molar-refractivity contribution in [2.45, 2.75) is 59.1 Å². The van der Waals surface area contributed by atoms with Crippen LogP contribution >= 0.6 is 0 Å². The van der Waals surface area contributed by atoms with Gasteiger partial charge in [-0.3, -0.25) is 0 Å². The molecule has 0 bridgehead atoms. The highest BCUT2D eigenvalue weighted by Gasteiger charge is 2.43. The van der Waals surface area contributed by atoms with E-state index in [1.54, 1.807) is 0 Å². The lowest BCUT2D eigenvalue weighted by atomic mass is 10.1. The number of hydrogen-bond acceptors (Lipinski definition) is 3. The molecular formula is C21H32O3Si. The van der Waals surface area contributed by atoms with Crippen LogP contribution in [0, 0.1) is 0 Å². The van der Waals surface area contributed by atoms with Crippen molar-refractivity contribution < 1.29 is 13.3 Å². The third-order valence-electron chi connectivity index (χ3n) is 4.29. The Morgan fingerprint density at radius 1 is 0.880 bits per heavy atom. The zero-order valence-corrected chi connectivity index (χ0v) is 17.1. The Balaban J connectivity index is 2.37. The molecule has 138 valence electrons. The first kappa shape index (κ1) is 20.1. The molecule has 0 spiro atoms. The van der Waals surface area contributed by atoms with E-state index in [0.29, 0.717) is 13.2 Å². The van der Waals surface area contributed by atoms with E-state index < -0.39 is 8.80 Å². The molecule has 0 aliphatic heterocycles. The van der Waals surface area contributed by atoms with E-state index in [0.717, 1.165) is 25.3 Å². The standard InChI is InChI=1S/C21H32O3Si/c1-5-15-22-25(23-16-6-2,24-18(4)7-3)17-20-13-10-12-19-11-8-9-14-21(19)20/h8-14,18H,5-7,15-17H2,1-4H3. The van der Waals surface area contributed by atoms with Crippen molar-refractivity contribution in [1.82, 2.24) is 0 Å². The molecule has 0 saturated heterocycles. The fourth-order valence-electron chi connectivity index (χ4n) is 2.84. The Bertz CT molecular complexity index is 631. The summed E-state index contributed by atoms with van der Waals surface area (Å²) < 4.78 is 19.0. The van der Waals surface area contributed by atoms with Gasteiger partial charge in [0.25, 0.3) is 0 Å². The van der Waals surface area contributed by atoms with Crippen molar-refractivity contribution in [2.75, 3.05) is 13.2 Å². The van der Waals surface area contributed by atoms with Crippen LogP contribution in [0.2, 0.25) is 0 Å². The molecule has 0 aromatic heterocycles. The van der Waals surface area contributed by atoms with E-state index in [1.165, 1.54) is 16.3 Å². The monoisotopic (exact) mass is 360 g/mol. The molecule has 2 aromatic carbocycles. The first-order chi connectivity index (χ1) is 12.1. The van der Waals surface area contributed by atoms with Gasteiger partial charge in [-0.1, -0.05) is 63.2 Å². The molecule has 1 unspecified atom stereocenters. The second-order valence-corrected chi connectivity index (χ2v) is 9.06. The molecule has 0 N–H and O–H groups in total. The van der Waals surface area contributed by atoms with Crippen molar-refractivity contribution in [3.05, 3.63) is 48.0 Å². The number of hydrogen-bond donors (Lipinski definition) is 0. The summed E-state index contributed by atoms with van der Waals surface area (Å²) in [6, 6.07) is 15.6. The molecule has 1 atom stereocenters. The van der Waals surface area contributed by atoms with Crippen LogP contribution in [0.1, 0.15) is 52.5 Å². The van der Waals surface area contributed by atoms with Gasteiger partial charge in [-0.15, -0.1) is 0 Å². The molecule has 0 radical (unpaired) electrons. The number of benzene rings is 2. The summed E-state index contributed by atoms with van der Waals surface area (Å²) in [5.41, 5.74) is 1.25. The maximum atomic E-state index is 6.44. The van der Waals surface area contributed by atoms with Crippen molar-refractivity contribution in [2.24, 2.45) is 0 Å². The lowest BCUT2D eigenvalue weighted by Crippen LogP contribution is -2.51. The van der Waals surface area contributed by atoms with Crippen LogP contribution in [0.25, 0.3) is 10.8 Å². The maximum Gasteiger partial charge on any atom is 0.505 e. The van der Waals surface area contributed by atoms with Crippen molar-refractivity contribution >= 4 is 19.6 Å². The summed E-state index contributed by atoms with van der Waals surface area (Å²) >= 11 is 0. The predicted octanol–water partition coefficient (Wildman–Crippen LogP) is 5.53. The largest absolute Gasteiger partial charge is 0.505 e. The minimum absolute atomic E-state index is 0.135. The first-order valence-electron chi connectivity index (χ1n) is 9.56. The molecule has 2 aromatic rings. The lowest BCUT2D eigenvalue weighted by molar-refractivity contribution is 0.0303. The predicted molar refractivity (Wildman–Crippen MR) is 107 cm³/mol. The summed E-state index contributed by atoms with van der Waals surface area (Å²) in [6.45, 7) is 9.85. The Kier molecular flexibility index (Phi) is 8.10. The van der Waals surface area contributed by atoms with Gasteiger partial charge in [-0.25, -0.2) is 0 Å². The molecule has 0 aliphatic rings. The van der Waals surface area contributed by atoms with E-state index in [1.807, 2.05) is 0 Å². The Morgan fingerprint density at radius 3 is 2.16 bits per heavy atom. The van der Waals surface area contributed by atoms with Crippen LogP contribution in [0.4, 0.5) is 0 Å². The van der Waals surface area contributed by atoms with Crippen LogP contribution in [0.3, 0.4) is 0 Å². The SMILES string of the molecule is CCCO[Si](Cc1cccc2ccccc12)(OCCC)OC(C)CC. The molecule has 0 saturated carbocycles. The van der Waals surface area contributed by atoms with Crippen LogP contribution in [-0.2, 0) is 19.3 Å². The second-order valence-electron chi connectivity index (χ2n) is 6.53. The van der Waals surface area contributed by atoms with E-state index >= 15 is 0 Å². The molecular weight excluding hydrogens is 328 g/mol. The quantitative estimate of drug-likeness (QED) is 0.493. The van der Waals surface area contributed by atoms with Gasteiger partial charge in [0.15, 0.2) is 0 Å². The van der Waals surface area contributed by atoms with E-state index in [9.17, 15) is 0 Å². The fraction of sp³-hybridized carbons (Fsp3) is 0.524. The highest BCUT2D eigenvalue weighted by atomic mass is 28.4. The Labute approximate surface area is 153 Å². The van der Waals surface area contributed by atoms with Gasteiger partial charge < -0.3 is 13.3 Å². The normalized spacial score (nSPS) is 13.3. The fourth-order valence-corrected chi connectivity index (χ4v) is 5.93. The van der Waals surface area contributed by atoms with E-state index in [4.69, 9.17) is 13.3 Å². The summed E-state index contributed by atoms with van der Waals surface area (Å²) in [5, 5.41) is 2.51. The van der Waals surface area contributed by atoms with Gasteiger partial charge in [0.1, 0.15) is 0 Å². The van der Waals surface area contributed by atoms with Crippen molar-refractivity contribution in [1.29, 1.82) is 0 Å². The Morgan fingerprint density at radius 2 is 1.52 bits per heavy atom. The molecule has 0 amide bonds. The first-order valence-corrected chi connectivity index (χ1v) is 11.5. The summed E-state index contributed by atoms with van der Waals surface area (Å²) in [6.07, 6.45) is 3.01. The molecule has 4 heteroatoms. The molecule has 2 rings (SSSR count). The van der Waals surface area contributed by atoms with Crippen LogP contribution in [-0.4, -0.2) is 28.1 Å². The zero-order chi connectivity index (χ0) is 18.1. The van der Waals surface area contributed by atoms with Gasteiger partial charge in [0.05, 0.1) is 0 Å². The molecule has 0 fully saturated rings. The van der Waals surface area contributed by atoms with Gasteiger partial charge >= 0.3 is 8.80 Å².